The van der Waals surface area contributed by atoms with Crippen molar-refractivity contribution in [2.75, 3.05) is 26.2 Å². The summed E-state index contributed by atoms with van der Waals surface area (Å²) < 4.78 is 5.51. The van der Waals surface area contributed by atoms with Gasteiger partial charge in [0.2, 0.25) is 0 Å². The Morgan fingerprint density at radius 1 is 1.15 bits per heavy atom. The average molecular weight is 360 g/mol. The lowest BCUT2D eigenvalue weighted by Gasteiger charge is -2.40. The van der Waals surface area contributed by atoms with Crippen LogP contribution in [0.15, 0.2) is 24.3 Å². The number of ether oxygens (including phenoxy) is 1. The molecule has 1 unspecified atom stereocenters. The highest BCUT2D eigenvalue weighted by molar-refractivity contribution is 5.68. The summed E-state index contributed by atoms with van der Waals surface area (Å²) in [5.41, 5.74) is 7.85. The van der Waals surface area contributed by atoms with E-state index in [0.717, 1.165) is 32.1 Å². The summed E-state index contributed by atoms with van der Waals surface area (Å²) >= 11 is 0. The molecule has 2 aliphatic rings. The second-order valence-corrected chi connectivity index (χ2v) is 8.64. The summed E-state index contributed by atoms with van der Waals surface area (Å²) in [6.07, 6.45) is 3.74. The Bertz CT molecular complexity index is 597. The SMILES string of the molecule is CC(C)(C)OC(=O)N1CCN(C(CC2CC2)c2ccc(CN)cc2)CC1. The molecule has 2 fully saturated rings. The van der Waals surface area contributed by atoms with Crippen LogP contribution in [0.3, 0.4) is 0 Å². The number of nitrogens with zero attached hydrogens (tertiary/aromatic N) is 2. The van der Waals surface area contributed by atoms with Crippen molar-refractivity contribution in [2.45, 2.75) is 58.2 Å². The van der Waals surface area contributed by atoms with Crippen molar-refractivity contribution in [1.82, 2.24) is 9.80 Å². The predicted molar refractivity (Wildman–Crippen MR) is 104 cm³/mol. The molecule has 0 spiro atoms. The van der Waals surface area contributed by atoms with E-state index in [4.69, 9.17) is 10.5 Å². The lowest BCUT2D eigenvalue weighted by Crippen LogP contribution is -2.50. The Labute approximate surface area is 157 Å². The van der Waals surface area contributed by atoms with Crippen LogP contribution in [-0.2, 0) is 11.3 Å². The quantitative estimate of drug-likeness (QED) is 0.874. The van der Waals surface area contributed by atoms with E-state index in [9.17, 15) is 4.79 Å². The molecular formula is C21H33N3O2. The fraction of sp³-hybridized carbons (Fsp3) is 0.667. The van der Waals surface area contributed by atoms with E-state index in [1.165, 1.54) is 30.4 Å². The Hall–Kier alpha value is -1.59. The minimum Gasteiger partial charge on any atom is -0.444 e. The summed E-state index contributed by atoms with van der Waals surface area (Å²) in [7, 11) is 0. The smallest absolute Gasteiger partial charge is 0.410 e. The van der Waals surface area contributed by atoms with Gasteiger partial charge in [-0.3, -0.25) is 4.90 Å². The number of carbonyl (C=O) groups excluding carboxylic acids is 1. The maximum atomic E-state index is 12.3. The van der Waals surface area contributed by atoms with Gasteiger partial charge >= 0.3 is 6.09 Å². The third-order valence-corrected chi connectivity index (χ3v) is 5.26. The molecule has 144 valence electrons. The first-order valence-electron chi connectivity index (χ1n) is 9.86. The van der Waals surface area contributed by atoms with Crippen LogP contribution in [0.2, 0.25) is 0 Å². The van der Waals surface area contributed by atoms with Gasteiger partial charge in [0, 0.05) is 38.8 Å². The van der Waals surface area contributed by atoms with E-state index in [1.54, 1.807) is 0 Å². The van der Waals surface area contributed by atoms with Crippen LogP contribution in [-0.4, -0.2) is 47.7 Å². The van der Waals surface area contributed by atoms with Gasteiger partial charge in [-0.25, -0.2) is 4.79 Å². The molecule has 3 rings (SSSR count). The van der Waals surface area contributed by atoms with E-state index < -0.39 is 5.60 Å². The van der Waals surface area contributed by atoms with Crippen molar-refractivity contribution in [2.24, 2.45) is 11.7 Å². The number of hydrogen-bond donors (Lipinski definition) is 1. The Kier molecular flexibility index (Phi) is 5.88. The molecule has 2 N–H and O–H groups in total. The van der Waals surface area contributed by atoms with Crippen LogP contribution < -0.4 is 5.73 Å². The van der Waals surface area contributed by atoms with Crippen molar-refractivity contribution in [3.8, 4) is 0 Å². The average Bonchev–Trinajstić information content (AvgIpc) is 3.43. The maximum Gasteiger partial charge on any atom is 0.410 e. The summed E-state index contributed by atoms with van der Waals surface area (Å²) in [5.74, 6) is 0.859. The van der Waals surface area contributed by atoms with E-state index in [0.29, 0.717) is 12.6 Å². The lowest BCUT2D eigenvalue weighted by molar-refractivity contribution is 0.00942. The van der Waals surface area contributed by atoms with Crippen molar-refractivity contribution in [3.63, 3.8) is 0 Å². The monoisotopic (exact) mass is 359 g/mol. The predicted octanol–water partition coefficient (Wildman–Crippen LogP) is 3.54. The van der Waals surface area contributed by atoms with Gasteiger partial charge in [-0.1, -0.05) is 37.1 Å². The molecule has 5 heteroatoms. The highest BCUT2D eigenvalue weighted by atomic mass is 16.6. The molecule has 1 saturated heterocycles. The molecule has 0 bridgehead atoms. The van der Waals surface area contributed by atoms with Crippen molar-refractivity contribution in [1.29, 1.82) is 0 Å². The third-order valence-electron chi connectivity index (χ3n) is 5.26. The first kappa shape index (κ1) is 19.2. The fourth-order valence-electron chi connectivity index (χ4n) is 3.58. The molecule has 0 aromatic heterocycles. The largest absolute Gasteiger partial charge is 0.444 e. The molecular weight excluding hydrogens is 326 g/mol. The molecule has 1 saturated carbocycles. The molecule has 26 heavy (non-hydrogen) atoms. The number of amides is 1. The van der Waals surface area contributed by atoms with Gasteiger partial charge < -0.3 is 15.4 Å². The molecule has 0 radical (unpaired) electrons. The summed E-state index contributed by atoms with van der Waals surface area (Å²) in [4.78, 5) is 16.7. The zero-order valence-electron chi connectivity index (χ0n) is 16.4. The van der Waals surface area contributed by atoms with E-state index >= 15 is 0 Å². The standard InChI is InChI=1S/C21H33N3O2/c1-21(2,3)26-20(25)24-12-10-23(11-13-24)19(14-16-4-5-16)18-8-6-17(15-22)7-9-18/h6-9,16,19H,4-5,10-15,22H2,1-3H3. The number of carbonyl (C=O) groups is 1. The van der Waals surface area contributed by atoms with E-state index in [1.807, 2.05) is 25.7 Å². The second kappa shape index (κ2) is 7.97. The minimum absolute atomic E-state index is 0.191. The molecule has 1 amide bonds. The van der Waals surface area contributed by atoms with Gasteiger partial charge in [0.1, 0.15) is 5.60 Å². The third kappa shape index (κ3) is 5.21. The molecule has 1 aromatic rings. The molecule has 1 aliphatic heterocycles. The van der Waals surface area contributed by atoms with Crippen molar-refractivity contribution < 1.29 is 9.53 Å². The zero-order valence-corrected chi connectivity index (χ0v) is 16.4. The van der Waals surface area contributed by atoms with Gasteiger partial charge in [-0.05, 0) is 44.2 Å². The Morgan fingerprint density at radius 2 is 1.77 bits per heavy atom. The molecule has 1 heterocycles. The van der Waals surface area contributed by atoms with Crippen LogP contribution in [0.25, 0.3) is 0 Å². The molecule has 1 aromatic carbocycles. The topological polar surface area (TPSA) is 58.8 Å². The fourth-order valence-corrected chi connectivity index (χ4v) is 3.58. The van der Waals surface area contributed by atoms with Gasteiger partial charge in [-0.2, -0.15) is 0 Å². The highest BCUT2D eigenvalue weighted by Gasteiger charge is 2.33. The lowest BCUT2D eigenvalue weighted by atomic mass is 9.97. The van der Waals surface area contributed by atoms with Crippen LogP contribution in [0, 0.1) is 5.92 Å². The van der Waals surface area contributed by atoms with Gasteiger partial charge in [0.25, 0.3) is 0 Å². The molecule has 5 nitrogen and oxygen atoms in total. The van der Waals surface area contributed by atoms with Gasteiger partial charge in [0.05, 0.1) is 0 Å². The molecule has 1 aliphatic carbocycles. The van der Waals surface area contributed by atoms with Crippen LogP contribution in [0.1, 0.15) is 57.2 Å². The highest BCUT2D eigenvalue weighted by Crippen LogP contribution is 2.40. The minimum atomic E-state index is -0.437. The zero-order chi connectivity index (χ0) is 18.7. The normalized spacial score (nSPS) is 20.1. The first-order valence-corrected chi connectivity index (χ1v) is 9.86. The van der Waals surface area contributed by atoms with Gasteiger partial charge in [0.15, 0.2) is 0 Å². The van der Waals surface area contributed by atoms with E-state index in [-0.39, 0.29) is 6.09 Å². The van der Waals surface area contributed by atoms with E-state index in [2.05, 4.69) is 29.2 Å². The number of rotatable bonds is 5. The Morgan fingerprint density at radius 3 is 2.27 bits per heavy atom. The maximum absolute atomic E-state index is 12.3. The summed E-state index contributed by atoms with van der Waals surface area (Å²) in [6, 6.07) is 9.19. The second-order valence-electron chi connectivity index (χ2n) is 8.64. The van der Waals surface area contributed by atoms with Crippen molar-refractivity contribution >= 4 is 6.09 Å². The number of piperazine rings is 1. The number of benzene rings is 1. The Balaban J connectivity index is 1.62. The van der Waals surface area contributed by atoms with Crippen molar-refractivity contribution in [3.05, 3.63) is 35.4 Å². The summed E-state index contributed by atoms with van der Waals surface area (Å²) in [5, 5.41) is 0. The number of hydrogen-bond acceptors (Lipinski definition) is 4. The summed E-state index contributed by atoms with van der Waals surface area (Å²) in [6.45, 7) is 9.59. The van der Waals surface area contributed by atoms with Crippen LogP contribution >= 0.6 is 0 Å². The first-order chi connectivity index (χ1) is 12.4. The van der Waals surface area contributed by atoms with Gasteiger partial charge in [-0.15, -0.1) is 0 Å². The number of nitrogens with two attached hydrogens (primary N) is 1. The van der Waals surface area contributed by atoms with Crippen LogP contribution in [0.5, 0.6) is 0 Å². The van der Waals surface area contributed by atoms with Crippen LogP contribution in [0.4, 0.5) is 4.79 Å². The molecule has 1 atom stereocenters.